The van der Waals surface area contributed by atoms with Crippen LogP contribution in [0.1, 0.15) is 42.1 Å². The van der Waals surface area contributed by atoms with Gasteiger partial charge >= 0.3 is 0 Å². The van der Waals surface area contributed by atoms with Gasteiger partial charge in [-0.15, -0.1) is 0 Å². The molecule has 0 saturated carbocycles. The number of likely N-dealkylation sites (tertiary alicyclic amines) is 1. The van der Waals surface area contributed by atoms with Gasteiger partial charge in [0.25, 0.3) is 5.91 Å². The molecule has 0 aliphatic carbocycles. The van der Waals surface area contributed by atoms with Crippen molar-refractivity contribution in [1.29, 1.82) is 0 Å². The predicted molar refractivity (Wildman–Crippen MR) is 117 cm³/mol. The number of hydrogen-bond donors (Lipinski definition) is 2. The van der Waals surface area contributed by atoms with Gasteiger partial charge in [-0.1, -0.05) is 30.3 Å². The Hall–Kier alpha value is -2.22. The third-order valence-corrected chi connectivity index (χ3v) is 7.26. The smallest absolute Gasteiger partial charge is 0.255 e. The van der Waals surface area contributed by atoms with Crippen LogP contribution in [0.3, 0.4) is 0 Å². The van der Waals surface area contributed by atoms with Crippen molar-refractivity contribution in [3.05, 3.63) is 65.7 Å². The predicted octanol–water partition coefficient (Wildman–Crippen LogP) is 3.05. The highest BCUT2D eigenvalue weighted by Gasteiger charge is 2.32. The second-order valence-corrected chi connectivity index (χ2v) is 10.2. The first-order chi connectivity index (χ1) is 13.8. The molecule has 3 rings (SSSR count). The number of rotatable bonds is 6. The summed E-state index contributed by atoms with van der Waals surface area (Å²) in [6, 6.07) is 16.6. The largest absolute Gasteiger partial charge is 0.322 e. The van der Waals surface area contributed by atoms with E-state index in [2.05, 4.69) is 22.0 Å². The molecule has 29 heavy (non-hydrogen) atoms. The number of piperidine rings is 1. The molecule has 2 aromatic rings. The summed E-state index contributed by atoms with van der Waals surface area (Å²) in [6.45, 7) is 5.01. The van der Waals surface area contributed by atoms with E-state index in [1.807, 2.05) is 42.5 Å². The van der Waals surface area contributed by atoms with E-state index in [1.165, 1.54) is 0 Å². The number of benzene rings is 2. The molecule has 2 N–H and O–H groups in total. The van der Waals surface area contributed by atoms with Gasteiger partial charge in [-0.2, -0.15) is 0 Å². The molecule has 1 amide bonds. The molecule has 1 fully saturated rings. The highest BCUT2D eigenvalue weighted by molar-refractivity contribution is 7.90. The van der Waals surface area contributed by atoms with Crippen LogP contribution in [0.4, 0.5) is 5.69 Å². The molecule has 1 saturated heterocycles. The fourth-order valence-electron chi connectivity index (χ4n) is 3.55. The van der Waals surface area contributed by atoms with Gasteiger partial charge in [0.15, 0.2) is 0 Å². The molecule has 0 aromatic heterocycles. The standard InChI is InChI=1S/C22H29N3O3S/c1-16(2)29(27,28)24-21-13-14-25(3)15-20(21)17-9-11-19(12-10-17)23-22(26)18-7-5-4-6-8-18/h4-12,16,20-21,24H,13-15H2,1-3H3,(H,23,26)/t20-,21+/m1/s1. The minimum Gasteiger partial charge on any atom is -0.322 e. The van der Waals surface area contributed by atoms with Crippen molar-refractivity contribution in [3.8, 4) is 0 Å². The van der Waals surface area contributed by atoms with Crippen molar-refractivity contribution in [2.24, 2.45) is 0 Å². The monoisotopic (exact) mass is 415 g/mol. The molecule has 0 spiro atoms. The van der Waals surface area contributed by atoms with Gasteiger partial charge in [-0.25, -0.2) is 13.1 Å². The summed E-state index contributed by atoms with van der Waals surface area (Å²) in [5.41, 5.74) is 2.38. The van der Waals surface area contributed by atoms with Crippen LogP contribution >= 0.6 is 0 Å². The van der Waals surface area contributed by atoms with Crippen LogP contribution in [-0.2, 0) is 10.0 Å². The number of carbonyl (C=O) groups is 1. The number of sulfonamides is 1. The van der Waals surface area contributed by atoms with Crippen molar-refractivity contribution in [3.63, 3.8) is 0 Å². The summed E-state index contributed by atoms with van der Waals surface area (Å²) in [6.07, 6.45) is 0.764. The fraction of sp³-hybridized carbons (Fsp3) is 0.409. The zero-order valence-electron chi connectivity index (χ0n) is 17.1. The second kappa shape index (κ2) is 9.07. The molecule has 0 radical (unpaired) electrons. The average molecular weight is 416 g/mol. The van der Waals surface area contributed by atoms with Crippen LogP contribution < -0.4 is 10.0 Å². The summed E-state index contributed by atoms with van der Waals surface area (Å²) < 4.78 is 27.7. The van der Waals surface area contributed by atoms with Gasteiger partial charge in [-0.3, -0.25) is 4.79 Å². The maximum Gasteiger partial charge on any atom is 0.255 e. The van der Waals surface area contributed by atoms with Gasteiger partial charge in [0, 0.05) is 29.8 Å². The quantitative estimate of drug-likeness (QED) is 0.760. The molecule has 2 atom stereocenters. The number of amides is 1. The number of hydrogen-bond acceptors (Lipinski definition) is 4. The number of carbonyl (C=O) groups excluding carboxylic acids is 1. The van der Waals surface area contributed by atoms with Crippen LogP contribution in [0.25, 0.3) is 0 Å². The average Bonchev–Trinajstić information content (AvgIpc) is 2.70. The number of nitrogens with zero attached hydrogens (tertiary/aromatic N) is 1. The first kappa shape index (κ1) is 21.5. The van der Waals surface area contributed by atoms with Crippen LogP contribution in [0.5, 0.6) is 0 Å². The van der Waals surface area contributed by atoms with E-state index in [1.54, 1.807) is 26.0 Å². The van der Waals surface area contributed by atoms with Crippen LogP contribution in [0.15, 0.2) is 54.6 Å². The van der Waals surface area contributed by atoms with Gasteiger partial charge in [0.2, 0.25) is 10.0 Å². The number of likely N-dealkylation sites (N-methyl/N-ethyl adjacent to an activating group) is 1. The molecule has 6 nitrogen and oxygen atoms in total. The SMILES string of the molecule is CC(C)S(=O)(=O)N[C@H]1CCN(C)C[C@@H]1c1ccc(NC(=O)c2ccccc2)cc1. The lowest BCUT2D eigenvalue weighted by atomic mass is 9.86. The van der Waals surface area contributed by atoms with E-state index in [9.17, 15) is 13.2 Å². The fourth-order valence-corrected chi connectivity index (χ4v) is 4.52. The Morgan fingerprint density at radius 3 is 2.34 bits per heavy atom. The molecule has 1 aliphatic rings. The molecule has 0 bridgehead atoms. The van der Waals surface area contributed by atoms with Crippen LogP contribution in [-0.4, -0.2) is 50.7 Å². The molecular weight excluding hydrogens is 386 g/mol. The summed E-state index contributed by atoms with van der Waals surface area (Å²) in [5.74, 6) is -0.0977. The number of nitrogens with one attached hydrogen (secondary N) is 2. The van der Waals surface area contributed by atoms with E-state index >= 15 is 0 Å². The van der Waals surface area contributed by atoms with Gasteiger partial charge < -0.3 is 10.2 Å². The lowest BCUT2D eigenvalue weighted by Crippen LogP contribution is -2.50. The molecule has 0 unspecified atom stereocenters. The van der Waals surface area contributed by atoms with E-state index in [0.29, 0.717) is 11.3 Å². The lowest BCUT2D eigenvalue weighted by Gasteiger charge is -2.37. The molecule has 1 aliphatic heterocycles. The first-order valence-corrected chi connectivity index (χ1v) is 11.5. The van der Waals surface area contributed by atoms with Crippen molar-refractivity contribution >= 4 is 21.6 Å². The summed E-state index contributed by atoms with van der Waals surface area (Å²) in [7, 11) is -1.29. The third-order valence-electron chi connectivity index (χ3n) is 5.38. The summed E-state index contributed by atoms with van der Waals surface area (Å²) >= 11 is 0. The molecular formula is C22H29N3O3S. The zero-order valence-corrected chi connectivity index (χ0v) is 17.9. The number of anilines is 1. The van der Waals surface area contributed by atoms with Crippen molar-refractivity contribution in [2.45, 2.75) is 37.5 Å². The lowest BCUT2D eigenvalue weighted by molar-refractivity contribution is 0.102. The normalized spacial score (nSPS) is 20.6. The topological polar surface area (TPSA) is 78.5 Å². The maximum atomic E-state index is 12.4. The summed E-state index contributed by atoms with van der Waals surface area (Å²) in [5, 5.41) is 2.44. The van der Waals surface area contributed by atoms with Crippen molar-refractivity contribution in [1.82, 2.24) is 9.62 Å². The van der Waals surface area contributed by atoms with Crippen LogP contribution in [0.2, 0.25) is 0 Å². The molecule has 156 valence electrons. The highest BCUT2D eigenvalue weighted by atomic mass is 32.2. The van der Waals surface area contributed by atoms with E-state index < -0.39 is 15.3 Å². The van der Waals surface area contributed by atoms with Crippen molar-refractivity contribution < 1.29 is 13.2 Å². The minimum atomic E-state index is -3.34. The minimum absolute atomic E-state index is 0.0566. The highest BCUT2D eigenvalue weighted by Crippen LogP contribution is 2.29. The van der Waals surface area contributed by atoms with E-state index in [4.69, 9.17) is 0 Å². The van der Waals surface area contributed by atoms with Gasteiger partial charge in [0.1, 0.15) is 0 Å². The first-order valence-electron chi connectivity index (χ1n) is 9.92. The molecule has 1 heterocycles. The Balaban J connectivity index is 1.74. The van der Waals surface area contributed by atoms with Gasteiger partial charge in [-0.05, 0) is 63.7 Å². The van der Waals surface area contributed by atoms with Crippen LogP contribution in [0, 0.1) is 0 Å². The second-order valence-electron chi connectivity index (χ2n) is 7.92. The Kier molecular flexibility index (Phi) is 6.72. The van der Waals surface area contributed by atoms with Crippen molar-refractivity contribution in [2.75, 3.05) is 25.5 Å². The van der Waals surface area contributed by atoms with Gasteiger partial charge in [0.05, 0.1) is 5.25 Å². The Morgan fingerprint density at radius 1 is 1.07 bits per heavy atom. The van der Waals surface area contributed by atoms with E-state index in [0.717, 1.165) is 25.1 Å². The zero-order chi connectivity index (χ0) is 21.0. The Morgan fingerprint density at radius 2 is 1.72 bits per heavy atom. The molecule has 7 heteroatoms. The Labute approximate surface area is 173 Å². The van der Waals surface area contributed by atoms with E-state index in [-0.39, 0.29) is 17.9 Å². The molecule has 2 aromatic carbocycles. The maximum absolute atomic E-state index is 12.4. The Bertz CT molecular complexity index is 928. The third kappa shape index (κ3) is 5.44. The summed E-state index contributed by atoms with van der Waals surface area (Å²) in [4.78, 5) is 14.5.